The molecule has 3 aromatic rings. The highest BCUT2D eigenvalue weighted by Gasteiger charge is 2.17. The van der Waals surface area contributed by atoms with Crippen molar-refractivity contribution >= 4 is 17.5 Å². The lowest BCUT2D eigenvalue weighted by Gasteiger charge is -2.09. The lowest BCUT2D eigenvalue weighted by molar-refractivity contribution is 0.102. The first kappa shape index (κ1) is 15.6. The Hall–Kier alpha value is -2.27. The number of carbonyl (C=O) groups excluding carboxylic acids is 1. The molecule has 0 radical (unpaired) electrons. The van der Waals surface area contributed by atoms with Gasteiger partial charge in [-0.2, -0.15) is 0 Å². The van der Waals surface area contributed by atoms with Crippen molar-refractivity contribution in [2.45, 2.75) is 19.0 Å². The highest BCUT2D eigenvalue weighted by Crippen LogP contribution is 2.23. The number of hydrogen-bond acceptors (Lipinski definition) is 3. The maximum atomic E-state index is 12.6. The van der Waals surface area contributed by atoms with Crippen LogP contribution in [0.5, 0.6) is 0 Å². The van der Waals surface area contributed by atoms with Crippen LogP contribution < -0.4 is 0 Å². The minimum Gasteiger partial charge on any atom is -0.329 e. The number of nitrogens with zero attached hydrogens (tertiary/aromatic N) is 3. The molecule has 0 aliphatic heterocycles. The van der Waals surface area contributed by atoms with Crippen LogP contribution in [0.25, 0.3) is 5.69 Å². The third-order valence-corrected chi connectivity index (χ3v) is 4.91. The highest BCUT2D eigenvalue weighted by molar-refractivity contribution is 7.99. The van der Waals surface area contributed by atoms with Crippen molar-refractivity contribution in [3.05, 3.63) is 65.7 Å². The van der Waals surface area contributed by atoms with Crippen molar-refractivity contribution in [2.24, 2.45) is 7.05 Å². The van der Waals surface area contributed by atoms with Gasteiger partial charge in [-0.25, -0.2) is 4.98 Å². The predicted molar refractivity (Wildman–Crippen MR) is 93.5 cm³/mol. The Morgan fingerprint density at radius 1 is 1.22 bits per heavy atom. The van der Waals surface area contributed by atoms with E-state index < -0.39 is 0 Å². The molecule has 0 saturated heterocycles. The molecule has 118 valence electrons. The summed E-state index contributed by atoms with van der Waals surface area (Å²) in [4.78, 5) is 16.8. The van der Waals surface area contributed by atoms with Crippen molar-refractivity contribution in [1.29, 1.82) is 0 Å². The van der Waals surface area contributed by atoms with Gasteiger partial charge in [-0.1, -0.05) is 30.0 Å². The van der Waals surface area contributed by atoms with E-state index in [-0.39, 0.29) is 5.78 Å². The Morgan fingerprint density at radius 3 is 2.61 bits per heavy atom. The van der Waals surface area contributed by atoms with E-state index in [1.807, 2.05) is 55.9 Å². The fourth-order valence-corrected chi connectivity index (χ4v) is 3.53. The van der Waals surface area contributed by atoms with Crippen LogP contribution in [0.3, 0.4) is 0 Å². The first-order valence-corrected chi connectivity index (χ1v) is 8.44. The molecule has 0 aliphatic rings. The van der Waals surface area contributed by atoms with Gasteiger partial charge in [0, 0.05) is 42.1 Å². The Morgan fingerprint density at radius 2 is 1.96 bits per heavy atom. The molecule has 2 aromatic heterocycles. The van der Waals surface area contributed by atoms with Gasteiger partial charge >= 0.3 is 0 Å². The second kappa shape index (κ2) is 6.46. The molecule has 1 aromatic carbocycles. The van der Waals surface area contributed by atoms with Crippen LogP contribution >= 0.6 is 11.8 Å². The number of ketones is 1. The number of Topliss-reactive ketones (excluding diaryl/α,β-unsaturated/α-hetero) is 1. The Kier molecular flexibility index (Phi) is 4.39. The Bertz CT molecular complexity index is 833. The minimum atomic E-state index is 0.133. The molecule has 0 spiro atoms. The smallest absolute Gasteiger partial charge is 0.175 e. The lowest BCUT2D eigenvalue weighted by atomic mass is 10.2. The summed E-state index contributed by atoms with van der Waals surface area (Å²) < 4.78 is 4.05. The molecule has 0 amide bonds. The Balaban J connectivity index is 1.83. The summed E-state index contributed by atoms with van der Waals surface area (Å²) >= 11 is 1.47. The number of benzene rings is 1. The standard InChI is InChI=1S/C18H19N3OS/c1-13-11-16(14(2)21(13)15-7-5-4-6-8-15)17(22)12-23-18-19-9-10-20(18)3/h4-11H,12H2,1-3H3. The fraction of sp³-hybridized carbons (Fsp3) is 0.222. The highest BCUT2D eigenvalue weighted by atomic mass is 32.2. The van der Waals surface area contributed by atoms with Crippen LogP contribution in [-0.2, 0) is 7.05 Å². The molecular weight excluding hydrogens is 306 g/mol. The van der Waals surface area contributed by atoms with Gasteiger partial charge in [-0.15, -0.1) is 0 Å². The van der Waals surface area contributed by atoms with Crippen molar-refractivity contribution < 1.29 is 4.79 Å². The summed E-state index contributed by atoms with van der Waals surface area (Å²) in [6.07, 6.45) is 3.63. The van der Waals surface area contributed by atoms with Gasteiger partial charge < -0.3 is 9.13 Å². The number of carbonyl (C=O) groups is 1. The molecule has 0 saturated carbocycles. The van der Waals surface area contributed by atoms with Crippen LogP contribution in [0, 0.1) is 13.8 Å². The zero-order valence-corrected chi connectivity index (χ0v) is 14.3. The van der Waals surface area contributed by atoms with E-state index in [0.717, 1.165) is 27.8 Å². The van der Waals surface area contributed by atoms with Crippen LogP contribution in [0.2, 0.25) is 0 Å². The number of aryl methyl sites for hydroxylation is 2. The fourth-order valence-electron chi connectivity index (χ4n) is 2.72. The van der Waals surface area contributed by atoms with Gasteiger partial charge in [-0.3, -0.25) is 4.79 Å². The SMILES string of the molecule is Cc1cc(C(=O)CSc2nccn2C)c(C)n1-c1ccccc1. The maximum absolute atomic E-state index is 12.6. The van der Waals surface area contributed by atoms with E-state index in [1.54, 1.807) is 6.20 Å². The average molecular weight is 325 g/mol. The zero-order valence-electron chi connectivity index (χ0n) is 13.5. The van der Waals surface area contributed by atoms with Crippen LogP contribution in [0.15, 0.2) is 53.9 Å². The van der Waals surface area contributed by atoms with Crippen molar-refractivity contribution in [3.63, 3.8) is 0 Å². The summed E-state index contributed by atoms with van der Waals surface area (Å²) in [5.74, 6) is 0.525. The molecule has 0 fully saturated rings. The molecule has 23 heavy (non-hydrogen) atoms. The van der Waals surface area contributed by atoms with E-state index in [2.05, 4.69) is 21.7 Å². The summed E-state index contributed by atoms with van der Waals surface area (Å²) in [5.41, 5.74) is 3.92. The van der Waals surface area contributed by atoms with Crippen molar-refractivity contribution in [1.82, 2.24) is 14.1 Å². The van der Waals surface area contributed by atoms with Gasteiger partial charge in [0.15, 0.2) is 10.9 Å². The topological polar surface area (TPSA) is 39.8 Å². The molecule has 4 nitrogen and oxygen atoms in total. The first-order chi connectivity index (χ1) is 11.1. The van der Waals surface area contributed by atoms with E-state index in [4.69, 9.17) is 0 Å². The summed E-state index contributed by atoms with van der Waals surface area (Å²) in [5, 5.41) is 0.857. The van der Waals surface area contributed by atoms with Crippen molar-refractivity contribution in [3.8, 4) is 5.69 Å². The van der Waals surface area contributed by atoms with Crippen LogP contribution in [0.4, 0.5) is 0 Å². The normalized spacial score (nSPS) is 10.9. The number of aromatic nitrogens is 3. The second-order valence-electron chi connectivity index (χ2n) is 5.49. The molecule has 0 N–H and O–H groups in total. The molecule has 2 heterocycles. The first-order valence-electron chi connectivity index (χ1n) is 7.45. The van der Waals surface area contributed by atoms with Crippen molar-refractivity contribution in [2.75, 3.05) is 5.75 Å². The second-order valence-corrected chi connectivity index (χ2v) is 6.43. The summed E-state index contributed by atoms with van der Waals surface area (Å²) in [6, 6.07) is 12.1. The number of rotatable bonds is 5. The third-order valence-electron chi connectivity index (χ3n) is 3.86. The van der Waals surface area contributed by atoms with Gasteiger partial charge in [0.1, 0.15) is 0 Å². The van der Waals surface area contributed by atoms with Gasteiger partial charge in [0.25, 0.3) is 0 Å². The van der Waals surface area contributed by atoms with Gasteiger partial charge in [-0.05, 0) is 32.0 Å². The van der Waals surface area contributed by atoms with E-state index in [9.17, 15) is 4.79 Å². The quantitative estimate of drug-likeness (QED) is 0.529. The van der Waals surface area contributed by atoms with E-state index >= 15 is 0 Å². The molecule has 0 unspecified atom stereocenters. The molecule has 0 atom stereocenters. The molecular formula is C18H19N3OS. The number of para-hydroxylation sites is 1. The van der Waals surface area contributed by atoms with E-state index in [1.165, 1.54) is 11.8 Å². The monoisotopic (exact) mass is 325 g/mol. The zero-order chi connectivity index (χ0) is 16.4. The van der Waals surface area contributed by atoms with Gasteiger partial charge in [0.2, 0.25) is 0 Å². The molecule has 0 aliphatic carbocycles. The number of hydrogen-bond donors (Lipinski definition) is 0. The number of imidazole rings is 1. The largest absolute Gasteiger partial charge is 0.329 e. The average Bonchev–Trinajstić information content (AvgIpc) is 3.09. The lowest BCUT2D eigenvalue weighted by Crippen LogP contribution is -2.06. The molecule has 3 rings (SSSR count). The minimum absolute atomic E-state index is 0.133. The van der Waals surface area contributed by atoms with Gasteiger partial charge in [0.05, 0.1) is 5.75 Å². The summed E-state index contributed by atoms with van der Waals surface area (Å²) in [7, 11) is 1.93. The van der Waals surface area contributed by atoms with Crippen LogP contribution in [0.1, 0.15) is 21.7 Å². The maximum Gasteiger partial charge on any atom is 0.175 e. The predicted octanol–water partition coefficient (Wildman–Crippen LogP) is 3.80. The summed E-state index contributed by atoms with van der Waals surface area (Å²) in [6.45, 7) is 4.03. The molecule has 5 heteroatoms. The number of thioether (sulfide) groups is 1. The third kappa shape index (κ3) is 3.10. The molecule has 0 bridgehead atoms. The Labute approximate surface area is 140 Å². The van der Waals surface area contributed by atoms with E-state index in [0.29, 0.717) is 5.75 Å². The van der Waals surface area contributed by atoms with Crippen LogP contribution in [-0.4, -0.2) is 25.7 Å².